The third-order valence-electron chi connectivity index (χ3n) is 2.37. The van der Waals surface area contributed by atoms with Crippen molar-refractivity contribution in [2.75, 3.05) is 5.32 Å². The van der Waals surface area contributed by atoms with Gasteiger partial charge in [0, 0.05) is 10.2 Å². The lowest BCUT2D eigenvalue weighted by atomic mass is 10.3. The quantitative estimate of drug-likeness (QED) is 0.506. The van der Waals surface area contributed by atoms with Crippen molar-refractivity contribution in [1.82, 2.24) is 4.98 Å². The number of hydrogen-bond donors (Lipinski definition) is 2. The molecule has 0 aliphatic heterocycles. The first-order chi connectivity index (χ1) is 8.60. The van der Waals surface area contributed by atoms with Gasteiger partial charge in [0.2, 0.25) is 0 Å². The molecule has 0 aliphatic rings. The summed E-state index contributed by atoms with van der Waals surface area (Å²) >= 11 is 4.86. The van der Waals surface area contributed by atoms with Crippen molar-refractivity contribution < 1.29 is 5.21 Å². The van der Waals surface area contributed by atoms with Crippen LogP contribution in [0.5, 0.6) is 0 Å². The number of nitrogens with zero attached hydrogens (tertiary/aromatic N) is 2. The normalized spacial score (nSPS) is 11.6. The highest BCUT2D eigenvalue weighted by molar-refractivity contribution is 9.10. The monoisotopic (exact) mass is 325 g/mol. The van der Waals surface area contributed by atoms with Crippen LogP contribution in [0.15, 0.2) is 33.9 Å². The second-order valence-corrected chi connectivity index (χ2v) is 5.67. The highest BCUT2D eigenvalue weighted by Crippen LogP contribution is 2.26. The van der Waals surface area contributed by atoms with Crippen LogP contribution in [0.4, 0.5) is 10.8 Å². The molecule has 2 N–H and O–H groups in total. The predicted molar refractivity (Wildman–Crippen MR) is 78.3 cm³/mol. The van der Waals surface area contributed by atoms with E-state index in [1.807, 2.05) is 31.2 Å². The lowest BCUT2D eigenvalue weighted by Crippen LogP contribution is -1.92. The van der Waals surface area contributed by atoms with Gasteiger partial charge in [-0.1, -0.05) is 32.4 Å². The number of aryl methyl sites for hydroxylation is 1. The van der Waals surface area contributed by atoms with Crippen LogP contribution in [0.3, 0.4) is 0 Å². The molecule has 0 aliphatic carbocycles. The van der Waals surface area contributed by atoms with Crippen LogP contribution in [0, 0.1) is 6.92 Å². The Balaban J connectivity index is 2.23. The van der Waals surface area contributed by atoms with E-state index in [4.69, 9.17) is 5.21 Å². The molecule has 0 atom stereocenters. The number of halogens is 1. The van der Waals surface area contributed by atoms with Gasteiger partial charge in [-0.2, -0.15) is 0 Å². The average Bonchev–Trinajstić information content (AvgIpc) is 2.72. The maximum atomic E-state index is 8.78. The van der Waals surface area contributed by atoms with E-state index in [1.165, 1.54) is 11.3 Å². The molecule has 1 aromatic heterocycles. The van der Waals surface area contributed by atoms with Crippen molar-refractivity contribution >= 4 is 43.8 Å². The van der Waals surface area contributed by atoms with Crippen LogP contribution in [-0.4, -0.2) is 15.9 Å². The van der Waals surface area contributed by atoms with Gasteiger partial charge in [-0.15, -0.1) is 0 Å². The number of aromatic nitrogens is 1. The van der Waals surface area contributed by atoms with Gasteiger partial charge in [0.05, 0.1) is 16.3 Å². The number of rotatable bonds is 3. The molecule has 0 spiro atoms. The Morgan fingerprint density at radius 2 is 2.06 bits per heavy atom. The number of anilines is 2. The molecule has 0 amide bonds. The third-order valence-corrected chi connectivity index (χ3v) is 4.08. The molecule has 1 aromatic carbocycles. The lowest BCUT2D eigenvalue weighted by molar-refractivity contribution is 0.319. The van der Waals surface area contributed by atoms with E-state index in [0.29, 0.717) is 5.71 Å². The van der Waals surface area contributed by atoms with E-state index in [1.54, 1.807) is 6.92 Å². The van der Waals surface area contributed by atoms with E-state index in [-0.39, 0.29) is 0 Å². The lowest BCUT2D eigenvalue weighted by Gasteiger charge is -2.01. The first-order valence-electron chi connectivity index (χ1n) is 5.29. The van der Waals surface area contributed by atoms with Gasteiger partial charge in [-0.3, -0.25) is 0 Å². The average molecular weight is 326 g/mol. The molecule has 0 bridgehead atoms. The molecule has 0 unspecified atom stereocenters. The molecular formula is C12H12BrN3OS. The summed E-state index contributed by atoms with van der Waals surface area (Å²) in [6.07, 6.45) is 0. The Kier molecular flexibility index (Phi) is 3.98. The smallest absolute Gasteiger partial charge is 0.188 e. The molecule has 0 radical (unpaired) electrons. The Hall–Kier alpha value is -1.40. The number of nitrogens with one attached hydrogen (secondary N) is 1. The van der Waals surface area contributed by atoms with Crippen molar-refractivity contribution in [3.63, 3.8) is 0 Å². The van der Waals surface area contributed by atoms with E-state index >= 15 is 0 Å². The standard InChI is InChI=1S/C12H12BrN3OS/c1-7-11(8(2)16-17)18-12(14-7)15-10-5-3-9(13)4-6-10/h3-6,17H,1-2H3,(H,14,15). The predicted octanol–water partition coefficient (Wildman–Crippen LogP) is 4.16. The molecule has 94 valence electrons. The van der Waals surface area contributed by atoms with Gasteiger partial charge in [0.25, 0.3) is 0 Å². The van der Waals surface area contributed by atoms with E-state index in [9.17, 15) is 0 Å². The zero-order valence-corrected chi connectivity index (χ0v) is 12.3. The molecule has 1 heterocycles. The largest absolute Gasteiger partial charge is 0.411 e. The molecule has 0 fully saturated rings. The SMILES string of the molecule is CC(=NO)c1sc(Nc2ccc(Br)cc2)nc1C. The fraction of sp³-hybridized carbons (Fsp3) is 0.167. The Labute approximate surface area is 118 Å². The minimum absolute atomic E-state index is 0.578. The van der Waals surface area contributed by atoms with Crippen LogP contribution in [0.2, 0.25) is 0 Å². The van der Waals surface area contributed by atoms with Gasteiger partial charge in [-0.25, -0.2) is 4.98 Å². The number of thiazole rings is 1. The second-order valence-electron chi connectivity index (χ2n) is 3.75. The van der Waals surface area contributed by atoms with Crippen molar-refractivity contribution in [2.24, 2.45) is 5.16 Å². The summed E-state index contributed by atoms with van der Waals surface area (Å²) in [5.41, 5.74) is 2.40. The summed E-state index contributed by atoms with van der Waals surface area (Å²) in [5.74, 6) is 0. The minimum Gasteiger partial charge on any atom is -0.411 e. The van der Waals surface area contributed by atoms with Gasteiger partial charge in [-0.05, 0) is 38.1 Å². The summed E-state index contributed by atoms with van der Waals surface area (Å²) in [7, 11) is 0. The van der Waals surface area contributed by atoms with E-state index < -0.39 is 0 Å². The van der Waals surface area contributed by atoms with Gasteiger partial charge in [0.1, 0.15) is 0 Å². The number of benzene rings is 1. The molecule has 2 rings (SSSR count). The number of hydrogen-bond acceptors (Lipinski definition) is 5. The molecule has 0 saturated carbocycles. The first-order valence-corrected chi connectivity index (χ1v) is 6.90. The minimum atomic E-state index is 0.578. The Morgan fingerprint density at radius 3 is 2.67 bits per heavy atom. The van der Waals surface area contributed by atoms with Crippen molar-refractivity contribution in [1.29, 1.82) is 0 Å². The zero-order chi connectivity index (χ0) is 13.1. The maximum absolute atomic E-state index is 8.78. The molecule has 4 nitrogen and oxygen atoms in total. The topological polar surface area (TPSA) is 57.5 Å². The van der Waals surface area contributed by atoms with Crippen LogP contribution < -0.4 is 5.32 Å². The molecule has 6 heteroatoms. The third kappa shape index (κ3) is 2.88. The van der Waals surface area contributed by atoms with Gasteiger partial charge >= 0.3 is 0 Å². The van der Waals surface area contributed by atoms with Crippen LogP contribution >= 0.6 is 27.3 Å². The van der Waals surface area contributed by atoms with Crippen molar-refractivity contribution in [3.8, 4) is 0 Å². The van der Waals surface area contributed by atoms with Gasteiger partial charge in [0.15, 0.2) is 5.13 Å². The maximum Gasteiger partial charge on any atom is 0.188 e. The molecule has 18 heavy (non-hydrogen) atoms. The summed E-state index contributed by atoms with van der Waals surface area (Å²) in [4.78, 5) is 5.29. The second kappa shape index (κ2) is 5.49. The Morgan fingerprint density at radius 1 is 1.39 bits per heavy atom. The molecular weight excluding hydrogens is 314 g/mol. The first kappa shape index (κ1) is 13.0. The molecule has 2 aromatic rings. The van der Waals surface area contributed by atoms with Crippen molar-refractivity contribution in [3.05, 3.63) is 39.3 Å². The van der Waals surface area contributed by atoms with Crippen LogP contribution in [0.1, 0.15) is 17.5 Å². The summed E-state index contributed by atoms with van der Waals surface area (Å²) in [5, 5.41) is 16.0. The van der Waals surface area contributed by atoms with E-state index in [0.717, 1.165) is 25.9 Å². The fourth-order valence-corrected chi connectivity index (χ4v) is 2.68. The summed E-state index contributed by atoms with van der Waals surface area (Å²) < 4.78 is 1.03. The van der Waals surface area contributed by atoms with Crippen LogP contribution in [-0.2, 0) is 0 Å². The van der Waals surface area contributed by atoms with Gasteiger partial charge < -0.3 is 10.5 Å². The molecule has 0 saturated heterocycles. The van der Waals surface area contributed by atoms with E-state index in [2.05, 4.69) is 31.4 Å². The number of oxime groups is 1. The summed E-state index contributed by atoms with van der Waals surface area (Å²) in [6.45, 7) is 3.65. The zero-order valence-electron chi connectivity index (χ0n) is 9.94. The van der Waals surface area contributed by atoms with Crippen LogP contribution in [0.25, 0.3) is 0 Å². The van der Waals surface area contributed by atoms with Crippen molar-refractivity contribution in [2.45, 2.75) is 13.8 Å². The highest BCUT2D eigenvalue weighted by atomic mass is 79.9. The summed E-state index contributed by atoms with van der Waals surface area (Å²) in [6, 6.07) is 7.86. The fourth-order valence-electron chi connectivity index (χ4n) is 1.49. The Bertz CT molecular complexity index is 578. The highest BCUT2D eigenvalue weighted by Gasteiger charge is 2.10.